The second kappa shape index (κ2) is 3.48. The summed E-state index contributed by atoms with van der Waals surface area (Å²) in [5, 5.41) is 5.14. The number of thioether (sulfide) groups is 1. The summed E-state index contributed by atoms with van der Waals surface area (Å²) in [5.74, 6) is 0.736. The first kappa shape index (κ1) is 9.15. The van der Waals surface area contributed by atoms with Gasteiger partial charge in [-0.15, -0.1) is 5.10 Å². The van der Waals surface area contributed by atoms with Crippen molar-refractivity contribution in [2.24, 2.45) is 0 Å². The van der Waals surface area contributed by atoms with Gasteiger partial charge in [0, 0.05) is 11.9 Å². The Morgan fingerprint density at radius 3 is 3.00 bits per heavy atom. The molecule has 0 N–H and O–H groups in total. The molecule has 0 aliphatic heterocycles. The zero-order valence-electron chi connectivity index (χ0n) is 8.60. The number of aromatic nitrogens is 4. The minimum Gasteiger partial charge on any atom is -0.216 e. The van der Waals surface area contributed by atoms with Crippen molar-refractivity contribution in [2.45, 2.75) is 30.8 Å². The number of aryl methyl sites for hydroxylation is 2. The van der Waals surface area contributed by atoms with E-state index in [9.17, 15) is 0 Å². The van der Waals surface area contributed by atoms with Crippen molar-refractivity contribution < 1.29 is 0 Å². The van der Waals surface area contributed by atoms with E-state index in [1.54, 1.807) is 16.3 Å². The van der Waals surface area contributed by atoms with E-state index in [0.29, 0.717) is 0 Å². The predicted octanol–water partition coefficient (Wildman–Crippen LogP) is 1.72. The maximum Gasteiger partial charge on any atom is 0.253 e. The topological polar surface area (TPSA) is 43.1 Å². The van der Waals surface area contributed by atoms with Gasteiger partial charge in [-0.05, 0) is 37.5 Å². The van der Waals surface area contributed by atoms with E-state index in [-0.39, 0.29) is 0 Å². The summed E-state index contributed by atoms with van der Waals surface area (Å²) in [4.78, 5) is 8.90. The number of hydrogen-bond acceptors (Lipinski definition) is 4. The molecule has 0 atom stereocenters. The third-order valence-electron chi connectivity index (χ3n) is 2.77. The van der Waals surface area contributed by atoms with Gasteiger partial charge in [0.25, 0.3) is 5.78 Å². The van der Waals surface area contributed by atoms with E-state index in [1.165, 1.54) is 24.1 Å². The van der Waals surface area contributed by atoms with Crippen LogP contribution in [0.4, 0.5) is 0 Å². The fourth-order valence-corrected chi connectivity index (χ4v) is 2.34. The molecule has 1 aliphatic carbocycles. The van der Waals surface area contributed by atoms with Crippen molar-refractivity contribution in [3.8, 4) is 0 Å². The first-order valence-electron chi connectivity index (χ1n) is 5.16. The van der Waals surface area contributed by atoms with E-state index in [2.05, 4.69) is 21.3 Å². The molecule has 0 radical (unpaired) electrons. The second-order valence-electron chi connectivity index (χ2n) is 3.76. The molecular formula is C10H12N4S. The van der Waals surface area contributed by atoms with Crippen molar-refractivity contribution in [3.05, 3.63) is 17.5 Å². The molecule has 0 amide bonds. The first-order chi connectivity index (χ1) is 7.36. The molecule has 2 heterocycles. The first-order valence-corrected chi connectivity index (χ1v) is 6.38. The molecule has 0 spiro atoms. The summed E-state index contributed by atoms with van der Waals surface area (Å²) in [6.45, 7) is 0. The Balaban J connectivity index is 2.19. The maximum atomic E-state index is 4.56. The number of fused-ring (bicyclic) bond motifs is 2. The van der Waals surface area contributed by atoms with Gasteiger partial charge in [-0.25, -0.2) is 9.50 Å². The Bertz CT molecular complexity index is 462. The minimum atomic E-state index is 0.736. The standard InChI is InChI=1S/C10H12N4S/c1-15-10-12-9-11-8-5-3-2-4-7(8)6-14(9)13-10/h6H,2-5H2,1H3. The normalized spacial score (nSPS) is 15.5. The molecule has 0 aromatic carbocycles. The van der Waals surface area contributed by atoms with Crippen molar-refractivity contribution in [3.63, 3.8) is 0 Å². The molecular weight excluding hydrogens is 208 g/mol. The van der Waals surface area contributed by atoms with Crippen LogP contribution < -0.4 is 0 Å². The van der Waals surface area contributed by atoms with E-state index in [0.717, 1.165) is 23.8 Å². The number of nitrogens with zero attached hydrogens (tertiary/aromatic N) is 4. The summed E-state index contributed by atoms with van der Waals surface area (Å²) in [6.07, 6.45) is 8.81. The van der Waals surface area contributed by atoms with Gasteiger partial charge in [0.05, 0.1) is 0 Å². The second-order valence-corrected chi connectivity index (χ2v) is 4.54. The van der Waals surface area contributed by atoms with Gasteiger partial charge in [0.1, 0.15) is 0 Å². The third-order valence-corrected chi connectivity index (χ3v) is 3.31. The van der Waals surface area contributed by atoms with Crippen LogP contribution >= 0.6 is 11.8 Å². The van der Waals surface area contributed by atoms with Gasteiger partial charge in [-0.3, -0.25) is 0 Å². The van der Waals surface area contributed by atoms with Crippen LogP contribution in [0.3, 0.4) is 0 Å². The fraction of sp³-hybridized carbons (Fsp3) is 0.500. The van der Waals surface area contributed by atoms with Crippen molar-refractivity contribution >= 4 is 17.5 Å². The van der Waals surface area contributed by atoms with Gasteiger partial charge in [0.2, 0.25) is 5.16 Å². The maximum absolute atomic E-state index is 4.56. The molecule has 3 rings (SSSR count). The van der Waals surface area contributed by atoms with Crippen LogP contribution in [0.15, 0.2) is 11.4 Å². The fourth-order valence-electron chi connectivity index (χ4n) is 1.99. The average Bonchev–Trinajstić information content (AvgIpc) is 2.67. The molecule has 1 aliphatic rings. The highest BCUT2D eigenvalue weighted by Gasteiger charge is 2.13. The summed E-state index contributed by atoms with van der Waals surface area (Å²) >= 11 is 1.55. The number of hydrogen-bond donors (Lipinski definition) is 0. The van der Waals surface area contributed by atoms with Crippen LogP contribution in [0.25, 0.3) is 5.78 Å². The van der Waals surface area contributed by atoms with E-state index < -0.39 is 0 Å². The molecule has 0 fully saturated rings. The molecule has 0 unspecified atom stereocenters. The lowest BCUT2D eigenvalue weighted by Crippen LogP contribution is -2.08. The highest BCUT2D eigenvalue weighted by atomic mass is 32.2. The van der Waals surface area contributed by atoms with E-state index >= 15 is 0 Å². The zero-order valence-corrected chi connectivity index (χ0v) is 9.42. The Morgan fingerprint density at radius 1 is 1.27 bits per heavy atom. The van der Waals surface area contributed by atoms with Crippen molar-refractivity contribution in [1.82, 2.24) is 19.6 Å². The summed E-state index contributed by atoms with van der Waals surface area (Å²) in [5.41, 5.74) is 2.56. The predicted molar refractivity (Wildman–Crippen MR) is 59.2 cm³/mol. The molecule has 0 saturated heterocycles. The van der Waals surface area contributed by atoms with Gasteiger partial charge in [-0.2, -0.15) is 4.98 Å². The Labute approximate surface area is 92.1 Å². The van der Waals surface area contributed by atoms with Crippen LogP contribution in [0.5, 0.6) is 0 Å². The molecule has 4 nitrogen and oxygen atoms in total. The molecule has 78 valence electrons. The summed E-state index contributed by atoms with van der Waals surface area (Å²) in [7, 11) is 0. The van der Waals surface area contributed by atoms with Crippen molar-refractivity contribution in [2.75, 3.05) is 6.26 Å². The third kappa shape index (κ3) is 1.51. The minimum absolute atomic E-state index is 0.736. The van der Waals surface area contributed by atoms with Gasteiger partial charge in [0.15, 0.2) is 0 Å². The molecule has 0 bridgehead atoms. The summed E-state index contributed by atoms with van der Waals surface area (Å²) in [6, 6.07) is 0. The lowest BCUT2D eigenvalue weighted by Gasteiger charge is -2.13. The van der Waals surface area contributed by atoms with E-state index in [1.807, 2.05) is 6.26 Å². The highest BCUT2D eigenvalue weighted by Crippen LogP contribution is 2.20. The molecule has 2 aromatic heterocycles. The Morgan fingerprint density at radius 2 is 2.13 bits per heavy atom. The van der Waals surface area contributed by atoms with Gasteiger partial charge in [-0.1, -0.05) is 11.8 Å². The van der Waals surface area contributed by atoms with Crippen LogP contribution in [0.1, 0.15) is 24.1 Å². The van der Waals surface area contributed by atoms with Crippen LogP contribution in [-0.2, 0) is 12.8 Å². The SMILES string of the molecule is CSc1nc2nc3c(cn2n1)CCCC3. The largest absolute Gasteiger partial charge is 0.253 e. The highest BCUT2D eigenvalue weighted by molar-refractivity contribution is 7.98. The lowest BCUT2D eigenvalue weighted by molar-refractivity contribution is 0.658. The van der Waals surface area contributed by atoms with Crippen molar-refractivity contribution in [1.29, 1.82) is 0 Å². The van der Waals surface area contributed by atoms with E-state index in [4.69, 9.17) is 0 Å². The average molecular weight is 220 g/mol. The monoisotopic (exact) mass is 220 g/mol. The van der Waals surface area contributed by atoms with Gasteiger partial charge < -0.3 is 0 Å². The van der Waals surface area contributed by atoms with Gasteiger partial charge >= 0.3 is 0 Å². The molecule has 2 aromatic rings. The number of rotatable bonds is 1. The zero-order chi connectivity index (χ0) is 10.3. The van der Waals surface area contributed by atoms with Crippen LogP contribution in [0, 0.1) is 0 Å². The quantitative estimate of drug-likeness (QED) is 0.686. The Kier molecular flexibility index (Phi) is 2.12. The molecule has 0 saturated carbocycles. The Hall–Kier alpha value is -1.10. The summed E-state index contributed by atoms with van der Waals surface area (Å²) < 4.78 is 1.80. The lowest BCUT2D eigenvalue weighted by atomic mass is 9.98. The molecule has 5 heteroatoms. The molecule has 15 heavy (non-hydrogen) atoms. The smallest absolute Gasteiger partial charge is 0.216 e. The van der Waals surface area contributed by atoms with Crippen LogP contribution in [-0.4, -0.2) is 25.8 Å². The van der Waals surface area contributed by atoms with Crippen LogP contribution in [0.2, 0.25) is 0 Å².